The molecule has 0 unspecified atom stereocenters. The molecule has 0 atom stereocenters. The number of hydrogen-bond acceptors (Lipinski definition) is 1. The lowest BCUT2D eigenvalue weighted by Crippen LogP contribution is -2.30. The first-order chi connectivity index (χ1) is 6.20. The highest BCUT2D eigenvalue weighted by Crippen LogP contribution is 2.14. The van der Waals surface area contributed by atoms with Crippen molar-refractivity contribution in [3.05, 3.63) is 34.9 Å². The minimum Gasteiger partial charge on any atom is -0.376 e. The van der Waals surface area contributed by atoms with Crippen LogP contribution >= 0.6 is 23.8 Å². The van der Waals surface area contributed by atoms with Gasteiger partial charge in [0.2, 0.25) is 0 Å². The van der Waals surface area contributed by atoms with Crippen LogP contribution in [0.15, 0.2) is 24.3 Å². The average Bonchev–Trinajstić information content (AvgIpc) is 2.08. The van der Waals surface area contributed by atoms with Gasteiger partial charge in [0.15, 0.2) is 5.11 Å². The third-order valence-corrected chi connectivity index (χ3v) is 2.16. The van der Waals surface area contributed by atoms with Crippen LogP contribution in [0.5, 0.6) is 0 Å². The quantitative estimate of drug-likeness (QED) is 0.753. The maximum absolute atomic E-state index is 5.95. The topological polar surface area (TPSA) is 38.0 Å². The maximum atomic E-state index is 5.95. The zero-order chi connectivity index (χ0) is 9.68. The van der Waals surface area contributed by atoms with Crippen molar-refractivity contribution in [2.45, 2.75) is 6.42 Å². The van der Waals surface area contributed by atoms with E-state index >= 15 is 0 Å². The normalized spacial score (nSPS) is 9.62. The Hall–Kier alpha value is -0.800. The van der Waals surface area contributed by atoms with Gasteiger partial charge < -0.3 is 11.1 Å². The third-order valence-electron chi connectivity index (χ3n) is 1.65. The fraction of sp³-hybridized carbons (Fsp3) is 0.222. The van der Waals surface area contributed by atoms with Crippen molar-refractivity contribution >= 4 is 28.9 Å². The van der Waals surface area contributed by atoms with Gasteiger partial charge in [0.25, 0.3) is 0 Å². The van der Waals surface area contributed by atoms with E-state index in [0.29, 0.717) is 5.11 Å². The smallest absolute Gasteiger partial charge is 0.163 e. The lowest BCUT2D eigenvalue weighted by atomic mass is 10.1. The van der Waals surface area contributed by atoms with E-state index < -0.39 is 0 Å². The molecule has 70 valence electrons. The van der Waals surface area contributed by atoms with E-state index in [0.717, 1.165) is 23.6 Å². The highest BCUT2D eigenvalue weighted by molar-refractivity contribution is 7.80. The van der Waals surface area contributed by atoms with Gasteiger partial charge in [0, 0.05) is 11.6 Å². The van der Waals surface area contributed by atoms with Crippen molar-refractivity contribution in [1.82, 2.24) is 5.32 Å². The summed E-state index contributed by atoms with van der Waals surface area (Å²) in [6.45, 7) is 0.721. The predicted molar refractivity (Wildman–Crippen MR) is 59.9 cm³/mol. The lowest BCUT2D eigenvalue weighted by molar-refractivity contribution is 0.870. The van der Waals surface area contributed by atoms with E-state index in [1.165, 1.54) is 0 Å². The molecule has 1 aromatic carbocycles. The summed E-state index contributed by atoms with van der Waals surface area (Å²) >= 11 is 10.6. The Bertz CT molecular complexity index is 301. The van der Waals surface area contributed by atoms with Crippen LogP contribution in [0.3, 0.4) is 0 Å². The summed E-state index contributed by atoms with van der Waals surface area (Å²) in [7, 11) is 0. The Labute approximate surface area is 88.1 Å². The standard InChI is InChI=1S/C9H11ClN2S/c10-8-4-2-1-3-7(8)5-6-12-9(11)13/h1-4H,5-6H2,(H3,11,12,13). The predicted octanol–water partition coefficient (Wildman–Crippen LogP) is 1.72. The van der Waals surface area contributed by atoms with E-state index in [2.05, 4.69) is 17.5 Å². The summed E-state index contributed by atoms with van der Waals surface area (Å²) in [6.07, 6.45) is 0.830. The second-order valence-corrected chi connectivity index (χ2v) is 3.48. The van der Waals surface area contributed by atoms with Crippen molar-refractivity contribution in [3.63, 3.8) is 0 Å². The van der Waals surface area contributed by atoms with E-state index in [-0.39, 0.29) is 0 Å². The Morgan fingerprint density at radius 2 is 2.15 bits per heavy atom. The molecule has 0 amide bonds. The molecule has 3 N–H and O–H groups in total. The lowest BCUT2D eigenvalue weighted by Gasteiger charge is -2.04. The number of thiocarbonyl (C=S) groups is 1. The highest BCUT2D eigenvalue weighted by Gasteiger charge is 1.97. The van der Waals surface area contributed by atoms with Crippen molar-refractivity contribution in [3.8, 4) is 0 Å². The van der Waals surface area contributed by atoms with E-state index in [4.69, 9.17) is 17.3 Å². The Kier molecular flexibility index (Phi) is 3.99. The van der Waals surface area contributed by atoms with Gasteiger partial charge in [0.05, 0.1) is 0 Å². The molecule has 0 heterocycles. The van der Waals surface area contributed by atoms with Crippen molar-refractivity contribution in [2.75, 3.05) is 6.54 Å². The van der Waals surface area contributed by atoms with Crippen LogP contribution in [-0.2, 0) is 6.42 Å². The van der Waals surface area contributed by atoms with Gasteiger partial charge in [-0.2, -0.15) is 0 Å². The molecule has 2 nitrogen and oxygen atoms in total. The Balaban J connectivity index is 2.45. The van der Waals surface area contributed by atoms with E-state index in [1.807, 2.05) is 24.3 Å². The van der Waals surface area contributed by atoms with Crippen LogP contribution in [0.2, 0.25) is 5.02 Å². The summed E-state index contributed by atoms with van der Waals surface area (Å²) in [4.78, 5) is 0. The van der Waals surface area contributed by atoms with Gasteiger partial charge in [-0.15, -0.1) is 0 Å². The van der Waals surface area contributed by atoms with Crippen LogP contribution < -0.4 is 11.1 Å². The number of rotatable bonds is 3. The average molecular weight is 215 g/mol. The molecule has 13 heavy (non-hydrogen) atoms. The molecule has 4 heteroatoms. The van der Waals surface area contributed by atoms with Crippen molar-refractivity contribution in [1.29, 1.82) is 0 Å². The van der Waals surface area contributed by atoms with Gasteiger partial charge in [0.1, 0.15) is 0 Å². The van der Waals surface area contributed by atoms with Crippen molar-refractivity contribution in [2.24, 2.45) is 5.73 Å². The molecule has 1 rings (SSSR count). The Morgan fingerprint density at radius 3 is 2.77 bits per heavy atom. The SMILES string of the molecule is NC(=S)NCCc1ccccc1Cl. The van der Waals surface area contributed by atoms with Gasteiger partial charge in [-0.25, -0.2) is 0 Å². The highest BCUT2D eigenvalue weighted by atomic mass is 35.5. The molecule has 0 spiro atoms. The minimum atomic E-state index is 0.326. The number of nitrogens with two attached hydrogens (primary N) is 1. The van der Waals surface area contributed by atoms with Crippen LogP contribution in [0, 0.1) is 0 Å². The summed E-state index contributed by atoms with van der Waals surface area (Å²) in [5.74, 6) is 0. The summed E-state index contributed by atoms with van der Waals surface area (Å²) < 4.78 is 0. The Morgan fingerprint density at radius 1 is 1.46 bits per heavy atom. The molecule has 0 saturated heterocycles. The minimum absolute atomic E-state index is 0.326. The number of hydrogen-bond donors (Lipinski definition) is 2. The molecule has 0 aromatic heterocycles. The van der Waals surface area contributed by atoms with Crippen molar-refractivity contribution < 1.29 is 0 Å². The largest absolute Gasteiger partial charge is 0.376 e. The zero-order valence-corrected chi connectivity index (χ0v) is 8.66. The summed E-state index contributed by atoms with van der Waals surface area (Å²) in [5, 5.41) is 3.98. The second kappa shape index (κ2) is 5.04. The number of nitrogens with one attached hydrogen (secondary N) is 1. The molecule has 0 saturated carbocycles. The molecule has 0 fully saturated rings. The fourth-order valence-corrected chi connectivity index (χ4v) is 1.35. The van der Waals surface area contributed by atoms with Gasteiger partial charge in [-0.3, -0.25) is 0 Å². The molecule has 0 radical (unpaired) electrons. The molecular formula is C9H11ClN2S. The number of halogens is 1. The molecule has 0 aliphatic carbocycles. The third kappa shape index (κ3) is 3.61. The number of benzene rings is 1. The zero-order valence-electron chi connectivity index (χ0n) is 7.09. The first kappa shape index (κ1) is 10.3. The maximum Gasteiger partial charge on any atom is 0.163 e. The van der Waals surface area contributed by atoms with Crippen LogP contribution in [0.4, 0.5) is 0 Å². The molecular weight excluding hydrogens is 204 g/mol. The summed E-state index contributed by atoms with van der Waals surface area (Å²) in [5.41, 5.74) is 6.39. The summed E-state index contributed by atoms with van der Waals surface area (Å²) in [6, 6.07) is 7.73. The van der Waals surface area contributed by atoms with Crippen LogP contribution in [0.25, 0.3) is 0 Å². The first-order valence-corrected chi connectivity index (χ1v) is 4.75. The van der Waals surface area contributed by atoms with E-state index in [1.54, 1.807) is 0 Å². The van der Waals surface area contributed by atoms with Crippen LogP contribution in [0.1, 0.15) is 5.56 Å². The van der Waals surface area contributed by atoms with Gasteiger partial charge in [-0.05, 0) is 30.3 Å². The van der Waals surface area contributed by atoms with Gasteiger partial charge >= 0.3 is 0 Å². The molecule has 0 aliphatic heterocycles. The first-order valence-electron chi connectivity index (χ1n) is 3.97. The molecule has 1 aromatic rings. The molecule has 0 aliphatic rings. The van der Waals surface area contributed by atoms with E-state index in [9.17, 15) is 0 Å². The van der Waals surface area contributed by atoms with Gasteiger partial charge in [-0.1, -0.05) is 29.8 Å². The molecule has 0 bridgehead atoms. The second-order valence-electron chi connectivity index (χ2n) is 2.63. The monoisotopic (exact) mass is 214 g/mol. The van der Waals surface area contributed by atoms with Crippen LogP contribution in [-0.4, -0.2) is 11.7 Å². The fourth-order valence-electron chi connectivity index (χ4n) is 1.02.